The first-order chi connectivity index (χ1) is 34.8. The molecule has 0 saturated heterocycles. The molecule has 0 aliphatic carbocycles. The van der Waals surface area contributed by atoms with Crippen molar-refractivity contribution in [2.45, 2.75) is 375 Å². The largest absolute Gasteiger partial charge is 0.462 e. The fraction of sp³-hybridized carbons (Fsp3) is 0.954. The molecule has 0 rings (SSSR count). The van der Waals surface area contributed by atoms with Crippen molar-refractivity contribution >= 4 is 17.9 Å². The minimum atomic E-state index is -0.763. The zero-order valence-corrected chi connectivity index (χ0v) is 48.9. The van der Waals surface area contributed by atoms with Gasteiger partial charge in [0.1, 0.15) is 13.2 Å². The molecule has 0 aliphatic heterocycles. The van der Waals surface area contributed by atoms with Crippen LogP contribution in [0.15, 0.2) is 0 Å². The minimum Gasteiger partial charge on any atom is -0.462 e. The highest BCUT2D eigenvalue weighted by molar-refractivity contribution is 5.71. The summed E-state index contributed by atoms with van der Waals surface area (Å²) in [6.45, 7) is 11.5. The molecule has 0 aromatic heterocycles. The van der Waals surface area contributed by atoms with Crippen LogP contribution in [-0.2, 0) is 28.6 Å². The van der Waals surface area contributed by atoms with Gasteiger partial charge in [-0.15, -0.1) is 0 Å². The van der Waals surface area contributed by atoms with Gasteiger partial charge in [-0.25, -0.2) is 0 Å². The first kappa shape index (κ1) is 69.4. The third-order valence-electron chi connectivity index (χ3n) is 15.3. The van der Waals surface area contributed by atoms with Crippen molar-refractivity contribution in [3.8, 4) is 0 Å². The Labute approximate surface area is 444 Å². The summed E-state index contributed by atoms with van der Waals surface area (Å²) in [7, 11) is 0. The lowest BCUT2D eigenvalue weighted by Crippen LogP contribution is -2.30. The van der Waals surface area contributed by atoms with Crippen molar-refractivity contribution in [2.75, 3.05) is 13.2 Å². The molecular weight excluding hydrogens is 877 g/mol. The Kier molecular flexibility index (Phi) is 56.4. The minimum absolute atomic E-state index is 0.0617. The van der Waals surface area contributed by atoms with Crippen LogP contribution >= 0.6 is 0 Å². The summed E-state index contributed by atoms with van der Waals surface area (Å²) in [5.41, 5.74) is 0. The number of hydrogen-bond donors (Lipinski definition) is 0. The van der Waals surface area contributed by atoms with Gasteiger partial charge < -0.3 is 14.2 Å². The molecule has 422 valence electrons. The van der Waals surface area contributed by atoms with Crippen molar-refractivity contribution in [1.82, 2.24) is 0 Å². The summed E-state index contributed by atoms with van der Waals surface area (Å²) in [5.74, 6) is 0.923. The Morgan fingerprint density at radius 2 is 0.535 bits per heavy atom. The summed E-state index contributed by atoms with van der Waals surface area (Å²) in [6.07, 6.45) is 63.8. The lowest BCUT2D eigenvalue weighted by Gasteiger charge is -2.18. The third-order valence-corrected chi connectivity index (χ3v) is 15.3. The van der Waals surface area contributed by atoms with E-state index < -0.39 is 6.10 Å². The molecule has 0 bridgehead atoms. The van der Waals surface area contributed by atoms with Gasteiger partial charge >= 0.3 is 17.9 Å². The Morgan fingerprint density at radius 3 is 0.803 bits per heavy atom. The standard InChI is InChI=1S/C65H126O6/c1-6-8-9-10-11-12-13-14-25-30-35-40-45-50-55-63(66)69-58-62(71-65(68)57-52-47-42-37-32-27-22-21-24-29-34-39-44-49-54-61(5)7-2)59-70-64(67)56-51-46-41-36-31-26-20-18-16-15-17-19-23-28-33-38-43-48-53-60(3)4/h60-62H,6-59H2,1-5H3/t61?,62-/m1/s1. The van der Waals surface area contributed by atoms with Crippen molar-refractivity contribution in [3.63, 3.8) is 0 Å². The van der Waals surface area contributed by atoms with E-state index in [1.807, 2.05) is 0 Å². The van der Waals surface area contributed by atoms with E-state index in [2.05, 4.69) is 34.6 Å². The monoisotopic (exact) mass is 1000 g/mol. The van der Waals surface area contributed by atoms with Crippen LogP contribution in [0.2, 0.25) is 0 Å². The van der Waals surface area contributed by atoms with Gasteiger partial charge in [0.05, 0.1) is 0 Å². The maximum Gasteiger partial charge on any atom is 0.306 e. The van der Waals surface area contributed by atoms with Gasteiger partial charge in [0.25, 0.3) is 0 Å². The summed E-state index contributed by atoms with van der Waals surface area (Å²) in [4.78, 5) is 38.3. The van der Waals surface area contributed by atoms with E-state index in [0.717, 1.165) is 69.6 Å². The van der Waals surface area contributed by atoms with Gasteiger partial charge in [0, 0.05) is 19.3 Å². The third kappa shape index (κ3) is 57.5. The maximum absolute atomic E-state index is 12.9. The SMILES string of the molecule is CCCCCCCCCCCCCCCCC(=O)OC[C@H](COC(=O)CCCCCCCCCCCCCCCCCCCCC(C)C)OC(=O)CCCCCCCCCCCCCCCCC(C)CC. The van der Waals surface area contributed by atoms with Gasteiger partial charge in [-0.2, -0.15) is 0 Å². The van der Waals surface area contributed by atoms with Gasteiger partial charge in [-0.05, 0) is 31.1 Å². The number of carbonyl (C=O) groups excluding carboxylic acids is 3. The van der Waals surface area contributed by atoms with Crippen LogP contribution in [-0.4, -0.2) is 37.2 Å². The van der Waals surface area contributed by atoms with Crippen LogP contribution in [0.4, 0.5) is 0 Å². The van der Waals surface area contributed by atoms with Crippen LogP contribution in [0, 0.1) is 11.8 Å². The first-order valence-corrected chi connectivity index (χ1v) is 32.3. The van der Waals surface area contributed by atoms with Gasteiger partial charge in [-0.1, -0.05) is 330 Å². The Balaban J connectivity index is 4.26. The number of ether oxygens (including phenoxy) is 3. The molecule has 0 radical (unpaired) electrons. The Bertz CT molecular complexity index is 1090. The molecule has 6 nitrogen and oxygen atoms in total. The smallest absolute Gasteiger partial charge is 0.306 e. The molecule has 0 aromatic rings. The first-order valence-electron chi connectivity index (χ1n) is 32.3. The second-order valence-corrected chi connectivity index (χ2v) is 23.1. The normalized spacial score (nSPS) is 12.4. The van der Waals surface area contributed by atoms with Crippen molar-refractivity contribution < 1.29 is 28.6 Å². The molecule has 6 heteroatoms. The van der Waals surface area contributed by atoms with E-state index in [4.69, 9.17) is 14.2 Å². The highest BCUT2D eigenvalue weighted by Gasteiger charge is 2.19. The number of esters is 3. The Morgan fingerprint density at radius 1 is 0.296 bits per heavy atom. The molecule has 0 fully saturated rings. The van der Waals surface area contributed by atoms with E-state index in [0.29, 0.717) is 19.3 Å². The maximum atomic E-state index is 12.9. The average molecular weight is 1000 g/mol. The van der Waals surface area contributed by atoms with E-state index in [1.165, 1.54) is 257 Å². The highest BCUT2D eigenvalue weighted by atomic mass is 16.6. The number of unbranched alkanes of at least 4 members (excludes halogenated alkanes) is 43. The van der Waals surface area contributed by atoms with Crippen LogP contribution in [0.1, 0.15) is 369 Å². The van der Waals surface area contributed by atoms with Crippen LogP contribution in [0.25, 0.3) is 0 Å². The number of hydrogen-bond acceptors (Lipinski definition) is 6. The van der Waals surface area contributed by atoms with Crippen molar-refractivity contribution in [2.24, 2.45) is 11.8 Å². The van der Waals surface area contributed by atoms with E-state index in [-0.39, 0.29) is 31.1 Å². The molecule has 71 heavy (non-hydrogen) atoms. The molecule has 2 atom stereocenters. The molecule has 0 saturated carbocycles. The molecule has 0 spiro atoms. The van der Waals surface area contributed by atoms with Gasteiger partial charge in [0.2, 0.25) is 0 Å². The second kappa shape index (κ2) is 57.7. The summed E-state index contributed by atoms with van der Waals surface area (Å²) in [5, 5.41) is 0. The molecule has 0 aliphatic rings. The molecule has 0 aromatic carbocycles. The predicted octanol–water partition coefficient (Wildman–Crippen LogP) is 21.6. The number of rotatable bonds is 59. The second-order valence-electron chi connectivity index (χ2n) is 23.1. The van der Waals surface area contributed by atoms with Gasteiger partial charge in [-0.3, -0.25) is 14.4 Å². The fourth-order valence-electron chi connectivity index (χ4n) is 10.1. The average Bonchev–Trinajstić information content (AvgIpc) is 3.36. The van der Waals surface area contributed by atoms with E-state index in [1.54, 1.807) is 0 Å². The lowest BCUT2D eigenvalue weighted by molar-refractivity contribution is -0.167. The molecule has 0 amide bonds. The van der Waals surface area contributed by atoms with Gasteiger partial charge in [0.15, 0.2) is 6.10 Å². The molecular formula is C65H126O6. The quantitative estimate of drug-likeness (QED) is 0.0343. The highest BCUT2D eigenvalue weighted by Crippen LogP contribution is 2.19. The summed E-state index contributed by atoms with van der Waals surface area (Å²) in [6, 6.07) is 0. The Hall–Kier alpha value is -1.59. The van der Waals surface area contributed by atoms with Crippen molar-refractivity contribution in [3.05, 3.63) is 0 Å². The molecule has 0 N–H and O–H groups in total. The topological polar surface area (TPSA) is 78.9 Å². The number of carbonyl (C=O) groups is 3. The molecule has 1 unspecified atom stereocenters. The van der Waals surface area contributed by atoms with Crippen molar-refractivity contribution in [1.29, 1.82) is 0 Å². The predicted molar refractivity (Wildman–Crippen MR) is 307 cm³/mol. The van der Waals surface area contributed by atoms with Crippen LogP contribution in [0.5, 0.6) is 0 Å². The van der Waals surface area contributed by atoms with Crippen LogP contribution in [0.3, 0.4) is 0 Å². The fourth-order valence-corrected chi connectivity index (χ4v) is 10.1. The molecule has 0 heterocycles. The zero-order valence-electron chi connectivity index (χ0n) is 48.9. The zero-order chi connectivity index (χ0) is 51.8. The van der Waals surface area contributed by atoms with Crippen LogP contribution < -0.4 is 0 Å². The van der Waals surface area contributed by atoms with E-state index >= 15 is 0 Å². The lowest BCUT2D eigenvalue weighted by atomic mass is 9.99. The summed E-state index contributed by atoms with van der Waals surface area (Å²) < 4.78 is 17.0. The van der Waals surface area contributed by atoms with E-state index in [9.17, 15) is 14.4 Å². The summed E-state index contributed by atoms with van der Waals surface area (Å²) >= 11 is 0.